The molecule has 0 unspecified atom stereocenters. The minimum absolute atomic E-state index is 0.224. The SMILES string of the molecule is CCc1cccc(-c2c(C)ccc3[cH-]c(-c4occ5ccccc45)cc23)c1.CCc1cccc(-c2c(C)ccc3[cH-]c(-c4occ5ccccc45)cc23)c1.C[Si](C)=[Zr]([Cl])[Cl]. The van der Waals surface area contributed by atoms with Gasteiger partial charge in [-0.3, -0.25) is 0 Å². The summed E-state index contributed by atoms with van der Waals surface area (Å²) in [5.41, 5.74) is 12.6. The van der Waals surface area contributed by atoms with Gasteiger partial charge in [-0.1, -0.05) is 145 Å². The minimum atomic E-state index is -1.65. The number of rotatable bonds is 6. The Labute approximate surface area is 368 Å². The van der Waals surface area contributed by atoms with Crippen LogP contribution in [-0.2, 0) is 30.8 Å². The molecule has 0 bridgehead atoms. The van der Waals surface area contributed by atoms with E-state index in [-0.39, 0.29) is 5.43 Å². The van der Waals surface area contributed by atoms with Crippen LogP contribution in [0, 0.1) is 13.8 Å². The van der Waals surface area contributed by atoms with Gasteiger partial charge in [0.15, 0.2) is 0 Å². The van der Waals surface area contributed by atoms with Crippen LogP contribution < -0.4 is 0 Å². The van der Waals surface area contributed by atoms with Crippen molar-refractivity contribution < 1.29 is 26.8 Å². The summed E-state index contributed by atoms with van der Waals surface area (Å²) in [6.07, 6.45) is 5.79. The van der Waals surface area contributed by atoms with Gasteiger partial charge in [0.2, 0.25) is 0 Å². The van der Waals surface area contributed by atoms with Crippen LogP contribution in [0.2, 0.25) is 13.1 Å². The molecule has 10 rings (SSSR count). The predicted octanol–water partition coefficient (Wildman–Crippen LogP) is 17.2. The summed E-state index contributed by atoms with van der Waals surface area (Å²) in [7, 11) is 11.2. The average Bonchev–Trinajstić information content (AvgIpc) is 4.08. The Hall–Kier alpha value is -4.70. The number of furan rings is 2. The second-order valence-electron chi connectivity index (χ2n) is 15.7. The van der Waals surface area contributed by atoms with E-state index in [0.29, 0.717) is 0 Å². The molecular weight excluding hydrogens is 871 g/mol. The van der Waals surface area contributed by atoms with Crippen molar-refractivity contribution in [1.29, 1.82) is 0 Å². The second-order valence-corrected chi connectivity index (χ2v) is 38.7. The monoisotopic (exact) mass is 916 g/mol. The molecule has 300 valence electrons. The van der Waals surface area contributed by atoms with Gasteiger partial charge in [0.05, 0.1) is 24.0 Å². The fourth-order valence-corrected chi connectivity index (χ4v) is 8.14. The van der Waals surface area contributed by atoms with Crippen molar-refractivity contribution in [1.82, 2.24) is 0 Å². The molecule has 10 aromatic rings. The van der Waals surface area contributed by atoms with E-state index < -0.39 is 18.0 Å². The molecule has 60 heavy (non-hydrogen) atoms. The number of halogens is 2. The van der Waals surface area contributed by atoms with Crippen molar-refractivity contribution in [2.24, 2.45) is 0 Å². The third-order valence-corrected chi connectivity index (χ3v) is 31.1. The Bertz CT molecular complexity index is 2940. The van der Waals surface area contributed by atoms with Crippen molar-refractivity contribution in [2.45, 2.75) is 53.6 Å². The molecule has 6 heteroatoms. The molecule has 0 N–H and O–H groups in total. The number of hydrogen-bond donors (Lipinski definition) is 0. The van der Waals surface area contributed by atoms with Crippen LogP contribution in [0.25, 0.3) is 88.0 Å². The van der Waals surface area contributed by atoms with Crippen molar-refractivity contribution in [2.75, 3.05) is 0 Å². The zero-order valence-electron chi connectivity index (χ0n) is 35.0. The summed E-state index contributed by atoms with van der Waals surface area (Å²) in [6, 6.07) is 52.4. The summed E-state index contributed by atoms with van der Waals surface area (Å²) >= 11 is -1.65. The quantitative estimate of drug-likeness (QED) is 0.123. The molecule has 0 amide bonds. The van der Waals surface area contributed by atoms with E-state index in [1.165, 1.54) is 76.8 Å². The van der Waals surface area contributed by atoms with Gasteiger partial charge in [0, 0.05) is 10.8 Å². The Morgan fingerprint density at radius 1 is 0.517 bits per heavy atom. The normalized spacial score (nSPS) is 11.1. The molecule has 0 radical (unpaired) electrons. The first-order chi connectivity index (χ1) is 29.1. The maximum absolute atomic E-state index is 5.94. The first-order valence-corrected chi connectivity index (χ1v) is 33.2. The Kier molecular flexibility index (Phi) is 13.0. The predicted molar refractivity (Wildman–Crippen MR) is 258 cm³/mol. The maximum atomic E-state index is 5.94. The molecule has 0 aliphatic carbocycles. The molecule has 2 heterocycles. The standard InChI is InChI=1S/2C26H21O.C2H6Si.2ClH.Zr/c2*1-3-18-7-6-9-20(13-18)25-17(2)11-12-19-14-22(15-24(19)25)26-23-10-5-4-8-21(23)16-27-26;1-3-2;;;/h2*4-16H,3H2,1-2H3;1-2H3;2*1H;/q2*-1;;;;+2/p-2. The summed E-state index contributed by atoms with van der Waals surface area (Å²) in [5.74, 6) is 1.90. The molecule has 0 atom stereocenters. The summed E-state index contributed by atoms with van der Waals surface area (Å²) in [6.45, 7) is 13.1. The van der Waals surface area contributed by atoms with Crippen LogP contribution in [-0.4, -0.2) is 5.43 Å². The van der Waals surface area contributed by atoms with E-state index in [0.717, 1.165) is 46.3 Å². The average molecular weight is 919 g/mol. The number of hydrogen-bond acceptors (Lipinski definition) is 2. The topological polar surface area (TPSA) is 26.3 Å². The zero-order valence-corrected chi connectivity index (χ0v) is 40.0. The molecule has 0 saturated heterocycles. The van der Waals surface area contributed by atoms with E-state index in [2.05, 4.69) is 174 Å². The first kappa shape index (κ1) is 42.0. The summed E-state index contributed by atoms with van der Waals surface area (Å²) in [5, 5.41) is 9.71. The van der Waals surface area contributed by atoms with Crippen molar-refractivity contribution in [3.05, 3.63) is 180 Å². The van der Waals surface area contributed by atoms with Crippen molar-refractivity contribution in [3.8, 4) is 44.9 Å². The molecule has 2 nitrogen and oxygen atoms in total. The van der Waals surface area contributed by atoms with Gasteiger partial charge in [0.1, 0.15) is 0 Å². The Balaban J connectivity index is 0.000000147. The molecular formula is C54H48Cl2O2SiZr-2. The van der Waals surface area contributed by atoms with E-state index >= 15 is 0 Å². The van der Waals surface area contributed by atoms with E-state index in [4.69, 9.17) is 25.9 Å². The van der Waals surface area contributed by atoms with Gasteiger partial charge in [-0.15, -0.1) is 57.9 Å². The van der Waals surface area contributed by atoms with Gasteiger partial charge in [-0.05, 0) is 70.8 Å². The van der Waals surface area contributed by atoms with Crippen LogP contribution in [0.3, 0.4) is 0 Å². The first-order valence-electron chi connectivity index (χ1n) is 20.6. The fraction of sp³-hybridized carbons (Fsp3) is 0.148. The number of fused-ring (bicyclic) bond motifs is 4. The molecule has 0 fully saturated rings. The van der Waals surface area contributed by atoms with Gasteiger partial charge in [0.25, 0.3) is 0 Å². The summed E-state index contributed by atoms with van der Waals surface area (Å²) in [4.78, 5) is 0. The Morgan fingerprint density at radius 3 is 1.33 bits per heavy atom. The molecule has 2 aromatic heterocycles. The van der Waals surface area contributed by atoms with E-state index in [1.54, 1.807) is 0 Å². The van der Waals surface area contributed by atoms with Crippen LogP contribution >= 0.6 is 17.0 Å². The van der Waals surface area contributed by atoms with Crippen molar-refractivity contribution in [3.63, 3.8) is 0 Å². The second kappa shape index (κ2) is 18.5. The van der Waals surface area contributed by atoms with Crippen molar-refractivity contribution >= 4 is 65.5 Å². The van der Waals surface area contributed by atoms with Gasteiger partial charge in [-0.2, -0.15) is 0 Å². The van der Waals surface area contributed by atoms with E-state index in [9.17, 15) is 0 Å². The van der Waals surface area contributed by atoms with Crippen LogP contribution in [0.15, 0.2) is 167 Å². The third-order valence-electron chi connectivity index (χ3n) is 11.4. The van der Waals surface area contributed by atoms with Gasteiger partial charge in [-0.25, -0.2) is 0 Å². The summed E-state index contributed by atoms with van der Waals surface area (Å²) < 4.78 is 11.9. The molecule has 0 saturated carbocycles. The molecule has 0 aliphatic rings. The van der Waals surface area contributed by atoms with Gasteiger partial charge >= 0.3 is 53.5 Å². The molecule has 0 aliphatic heterocycles. The Morgan fingerprint density at radius 2 is 0.933 bits per heavy atom. The van der Waals surface area contributed by atoms with E-state index in [1.807, 2.05) is 24.7 Å². The third kappa shape index (κ3) is 8.72. The fourth-order valence-electron chi connectivity index (χ4n) is 8.14. The number of aryl methyl sites for hydroxylation is 4. The molecule has 0 spiro atoms. The zero-order chi connectivity index (χ0) is 41.9. The van der Waals surface area contributed by atoms with Crippen LogP contribution in [0.5, 0.6) is 0 Å². The number of benzene rings is 6. The van der Waals surface area contributed by atoms with Crippen LogP contribution in [0.1, 0.15) is 36.1 Å². The van der Waals surface area contributed by atoms with Gasteiger partial charge < -0.3 is 8.83 Å². The van der Waals surface area contributed by atoms with Crippen LogP contribution in [0.4, 0.5) is 0 Å². The molecule has 8 aromatic carbocycles.